The molecule has 1 aromatic rings. The number of ether oxygens (including phenoxy) is 1. The summed E-state index contributed by atoms with van der Waals surface area (Å²) >= 11 is 0. The molecule has 0 spiro atoms. The van der Waals surface area contributed by atoms with Crippen LogP contribution in [0.25, 0.3) is 0 Å². The topological polar surface area (TPSA) is 62.3 Å². The predicted molar refractivity (Wildman–Crippen MR) is 67.4 cm³/mol. The van der Waals surface area contributed by atoms with Gasteiger partial charge in [0.2, 0.25) is 0 Å². The molecular formula is C12H19N3O. The van der Waals surface area contributed by atoms with E-state index < -0.39 is 0 Å². The van der Waals surface area contributed by atoms with Crippen molar-refractivity contribution in [1.82, 2.24) is 0 Å². The first kappa shape index (κ1) is 12.4. The van der Waals surface area contributed by atoms with Crippen LogP contribution in [0, 0.1) is 5.41 Å². The van der Waals surface area contributed by atoms with Crippen molar-refractivity contribution >= 4 is 11.5 Å². The lowest BCUT2D eigenvalue weighted by Crippen LogP contribution is -2.21. The molecule has 0 aliphatic heterocycles. The molecule has 0 saturated heterocycles. The van der Waals surface area contributed by atoms with Crippen molar-refractivity contribution in [2.24, 2.45) is 5.73 Å². The van der Waals surface area contributed by atoms with Crippen LogP contribution in [0.2, 0.25) is 0 Å². The fraction of sp³-hybridized carbons (Fsp3) is 0.417. The average molecular weight is 221 g/mol. The summed E-state index contributed by atoms with van der Waals surface area (Å²) < 4.78 is 5.67. The second kappa shape index (κ2) is 5.39. The minimum Gasteiger partial charge on any atom is -0.490 e. The van der Waals surface area contributed by atoms with Crippen LogP contribution in [0.3, 0.4) is 0 Å². The zero-order valence-electron chi connectivity index (χ0n) is 10.0. The van der Waals surface area contributed by atoms with Crippen LogP contribution in [0.4, 0.5) is 5.69 Å². The molecule has 4 nitrogen and oxygen atoms in total. The Morgan fingerprint density at radius 3 is 2.75 bits per heavy atom. The van der Waals surface area contributed by atoms with Gasteiger partial charge in [0.15, 0.2) is 0 Å². The number of hydrogen-bond donors (Lipinski definition) is 2. The molecule has 16 heavy (non-hydrogen) atoms. The van der Waals surface area contributed by atoms with Crippen LogP contribution in [-0.4, -0.2) is 26.0 Å². The first-order valence-electron chi connectivity index (χ1n) is 5.26. The van der Waals surface area contributed by atoms with E-state index in [1.54, 1.807) is 0 Å². The second-order valence-electron chi connectivity index (χ2n) is 4.05. The summed E-state index contributed by atoms with van der Waals surface area (Å²) in [4.78, 5) is 2.02. The smallest absolute Gasteiger partial charge is 0.121 e. The van der Waals surface area contributed by atoms with Gasteiger partial charge in [0.25, 0.3) is 0 Å². The van der Waals surface area contributed by atoms with Gasteiger partial charge in [-0.3, -0.25) is 5.41 Å². The van der Waals surface area contributed by atoms with Crippen molar-refractivity contribution in [3.05, 3.63) is 24.3 Å². The quantitative estimate of drug-likeness (QED) is 0.589. The SMILES string of the molecule is CC(CC(=N)N)Oc1cccc(N(C)C)c1. The van der Waals surface area contributed by atoms with E-state index in [0.717, 1.165) is 11.4 Å². The third kappa shape index (κ3) is 3.81. The van der Waals surface area contributed by atoms with Gasteiger partial charge in [0.05, 0.1) is 5.84 Å². The molecule has 1 rings (SSSR count). The number of nitrogens with two attached hydrogens (primary N) is 1. The summed E-state index contributed by atoms with van der Waals surface area (Å²) in [6.45, 7) is 1.91. The highest BCUT2D eigenvalue weighted by Gasteiger charge is 2.06. The number of rotatable bonds is 5. The summed E-state index contributed by atoms with van der Waals surface area (Å²) in [5.41, 5.74) is 6.41. The molecule has 0 bridgehead atoms. The van der Waals surface area contributed by atoms with Gasteiger partial charge in [-0.15, -0.1) is 0 Å². The molecule has 0 heterocycles. The van der Waals surface area contributed by atoms with Crippen LogP contribution in [0.1, 0.15) is 13.3 Å². The van der Waals surface area contributed by atoms with Crippen molar-refractivity contribution in [2.45, 2.75) is 19.4 Å². The highest BCUT2D eigenvalue weighted by atomic mass is 16.5. The molecule has 0 saturated carbocycles. The molecule has 1 aromatic carbocycles. The minimum absolute atomic E-state index is 0.0742. The summed E-state index contributed by atoms with van der Waals surface area (Å²) in [6, 6.07) is 7.84. The highest BCUT2D eigenvalue weighted by Crippen LogP contribution is 2.20. The van der Waals surface area contributed by atoms with E-state index in [1.807, 2.05) is 50.2 Å². The Morgan fingerprint density at radius 2 is 2.19 bits per heavy atom. The van der Waals surface area contributed by atoms with E-state index in [4.69, 9.17) is 15.9 Å². The molecule has 0 radical (unpaired) electrons. The number of hydrogen-bond acceptors (Lipinski definition) is 3. The Labute approximate surface area is 96.5 Å². The van der Waals surface area contributed by atoms with E-state index >= 15 is 0 Å². The van der Waals surface area contributed by atoms with Gasteiger partial charge >= 0.3 is 0 Å². The van der Waals surface area contributed by atoms with E-state index in [2.05, 4.69) is 0 Å². The van der Waals surface area contributed by atoms with E-state index in [0.29, 0.717) is 6.42 Å². The third-order valence-electron chi connectivity index (χ3n) is 2.18. The molecule has 0 aliphatic rings. The number of nitrogens with zero attached hydrogens (tertiary/aromatic N) is 1. The average Bonchev–Trinajstić information content (AvgIpc) is 2.16. The molecule has 0 aliphatic carbocycles. The van der Waals surface area contributed by atoms with E-state index in [9.17, 15) is 0 Å². The van der Waals surface area contributed by atoms with E-state index in [-0.39, 0.29) is 11.9 Å². The van der Waals surface area contributed by atoms with Gasteiger partial charge in [-0.25, -0.2) is 0 Å². The Balaban J connectivity index is 2.66. The van der Waals surface area contributed by atoms with Crippen molar-refractivity contribution in [3.63, 3.8) is 0 Å². The molecule has 88 valence electrons. The monoisotopic (exact) mass is 221 g/mol. The highest BCUT2D eigenvalue weighted by molar-refractivity contribution is 5.77. The molecule has 1 atom stereocenters. The molecule has 3 N–H and O–H groups in total. The summed E-state index contributed by atoms with van der Waals surface area (Å²) in [6.07, 6.45) is 0.376. The Hall–Kier alpha value is -1.71. The zero-order chi connectivity index (χ0) is 12.1. The number of nitrogens with one attached hydrogen (secondary N) is 1. The third-order valence-corrected chi connectivity index (χ3v) is 2.18. The summed E-state index contributed by atoms with van der Waals surface area (Å²) in [7, 11) is 3.97. The fourth-order valence-corrected chi connectivity index (χ4v) is 1.42. The minimum atomic E-state index is -0.0742. The van der Waals surface area contributed by atoms with Gasteiger partial charge in [0, 0.05) is 32.3 Å². The number of amidine groups is 1. The van der Waals surface area contributed by atoms with Crippen molar-refractivity contribution in [2.75, 3.05) is 19.0 Å². The predicted octanol–water partition coefficient (Wildman–Crippen LogP) is 1.85. The van der Waals surface area contributed by atoms with Gasteiger partial charge < -0.3 is 15.4 Å². The standard InChI is InChI=1S/C12H19N3O/c1-9(7-12(13)14)16-11-6-4-5-10(8-11)15(2)3/h4-6,8-9H,7H2,1-3H3,(H3,13,14). The van der Waals surface area contributed by atoms with Crippen molar-refractivity contribution in [3.8, 4) is 5.75 Å². The second-order valence-corrected chi connectivity index (χ2v) is 4.05. The van der Waals surface area contributed by atoms with Crippen LogP contribution >= 0.6 is 0 Å². The lowest BCUT2D eigenvalue weighted by atomic mass is 10.2. The van der Waals surface area contributed by atoms with Crippen LogP contribution in [0.5, 0.6) is 5.75 Å². The Morgan fingerprint density at radius 1 is 1.50 bits per heavy atom. The molecule has 4 heteroatoms. The van der Waals surface area contributed by atoms with Gasteiger partial charge in [-0.2, -0.15) is 0 Å². The molecule has 1 unspecified atom stereocenters. The normalized spacial score (nSPS) is 11.9. The first-order chi connectivity index (χ1) is 7.49. The molecule has 0 amide bonds. The summed E-state index contributed by atoms with van der Waals surface area (Å²) in [5.74, 6) is 0.955. The fourth-order valence-electron chi connectivity index (χ4n) is 1.42. The maximum Gasteiger partial charge on any atom is 0.121 e. The largest absolute Gasteiger partial charge is 0.490 e. The van der Waals surface area contributed by atoms with Gasteiger partial charge in [0.1, 0.15) is 11.9 Å². The lowest BCUT2D eigenvalue weighted by Gasteiger charge is -2.17. The van der Waals surface area contributed by atoms with Crippen molar-refractivity contribution < 1.29 is 4.74 Å². The lowest BCUT2D eigenvalue weighted by molar-refractivity contribution is 0.229. The number of anilines is 1. The summed E-state index contributed by atoms with van der Waals surface area (Å²) in [5, 5.41) is 7.19. The van der Waals surface area contributed by atoms with E-state index in [1.165, 1.54) is 0 Å². The molecule has 0 aromatic heterocycles. The Bertz CT molecular complexity index is 363. The van der Waals surface area contributed by atoms with Crippen LogP contribution in [0.15, 0.2) is 24.3 Å². The Kier molecular flexibility index (Phi) is 4.17. The zero-order valence-corrected chi connectivity index (χ0v) is 10.0. The van der Waals surface area contributed by atoms with Crippen molar-refractivity contribution in [1.29, 1.82) is 5.41 Å². The maximum absolute atomic E-state index is 7.19. The molecular weight excluding hydrogens is 202 g/mol. The van der Waals surface area contributed by atoms with Gasteiger partial charge in [-0.05, 0) is 19.1 Å². The van der Waals surface area contributed by atoms with Crippen LogP contribution in [-0.2, 0) is 0 Å². The van der Waals surface area contributed by atoms with Crippen LogP contribution < -0.4 is 15.4 Å². The maximum atomic E-state index is 7.19. The first-order valence-corrected chi connectivity index (χ1v) is 5.26. The number of benzene rings is 1. The molecule has 0 fully saturated rings. The van der Waals surface area contributed by atoms with Gasteiger partial charge in [-0.1, -0.05) is 6.07 Å².